The van der Waals surface area contributed by atoms with Gasteiger partial charge in [0.25, 0.3) is 5.91 Å². The fraction of sp³-hybridized carbons (Fsp3) is 0.154. The number of carboxylic acids is 1. The number of benzene rings is 1. The normalized spacial score (nSPS) is 10.4. The van der Waals surface area contributed by atoms with Gasteiger partial charge in [-0.1, -0.05) is 18.3 Å². The van der Waals surface area contributed by atoms with Gasteiger partial charge in [-0.3, -0.25) is 10.1 Å². The summed E-state index contributed by atoms with van der Waals surface area (Å²) in [7, 11) is 0. The van der Waals surface area contributed by atoms with E-state index in [-0.39, 0.29) is 15.6 Å². The van der Waals surface area contributed by atoms with Crippen molar-refractivity contribution < 1.29 is 23.5 Å². The molecule has 0 aliphatic rings. The first-order valence-corrected chi connectivity index (χ1v) is 6.73. The summed E-state index contributed by atoms with van der Waals surface area (Å²) >= 11 is 0.812. The van der Waals surface area contributed by atoms with Gasteiger partial charge in [-0.15, -0.1) is 0 Å². The minimum absolute atomic E-state index is 0.0399. The van der Waals surface area contributed by atoms with Crippen molar-refractivity contribution in [3.05, 3.63) is 46.0 Å². The van der Waals surface area contributed by atoms with Gasteiger partial charge in [0.05, 0.1) is 5.69 Å². The van der Waals surface area contributed by atoms with E-state index < -0.39 is 23.5 Å². The number of aromatic carboxylic acids is 1. The zero-order chi connectivity index (χ0) is 15.6. The van der Waals surface area contributed by atoms with Crippen molar-refractivity contribution in [2.24, 2.45) is 0 Å². The maximum atomic E-state index is 13.1. The zero-order valence-electron chi connectivity index (χ0n) is 10.8. The van der Waals surface area contributed by atoms with Crippen molar-refractivity contribution in [2.75, 3.05) is 5.32 Å². The summed E-state index contributed by atoms with van der Waals surface area (Å²) in [6.45, 7) is 1.74. The minimum Gasteiger partial charge on any atom is -0.477 e. The Balaban J connectivity index is 2.23. The molecule has 0 unspecified atom stereocenters. The first-order valence-electron chi connectivity index (χ1n) is 5.91. The largest absolute Gasteiger partial charge is 0.477 e. The summed E-state index contributed by atoms with van der Waals surface area (Å²) in [5.74, 6) is -4.01. The molecular weight excluding hydrogens is 302 g/mol. The van der Waals surface area contributed by atoms with Gasteiger partial charge in [0.1, 0.15) is 4.88 Å². The topological polar surface area (TPSA) is 79.3 Å². The molecule has 1 amide bonds. The molecule has 110 valence electrons. The van der Waals surface area contributed by atoms with Crippen molar-refractivity contribution in [3.63, 3.8) is 0 Å². The van der Waals surface area contributed by atoms with Gasteiger partial charge in [0.15, 0.2) is 16.8 Å². The number of anilines is 1. The Morgan fingerprint density at radius 1 is 1.33 bits per heavy atom. The Bertz CT molecular complexity index is 715. The summed E-state index contributed by atoms with van der Waals surface area (Å²) in [6.07, 6.45) is 0.402. The van der Waals surface area contributed by atoms with Crippen LogP contribution in [0.5, 0.6) is 0 Å². The molecule has 8 heteroatoms. The van der Waals surface area contributed by atoms with E-state index in [1.54, 1.807) is 6.92 Å². The van der Waals surface area contributed by atoms with Crippen LogP contribution in [0, 0.1) is 11.6 Å². The predicted molar refractivity (Wildman–Crippen MR) is 72.8 cm³/mol. The summed E-state index contributed by atoms with van der Waals surface area (Å²) in [5.41, 5.74) is 0.270. The number of rotatable bonds is 4. The molecule has 5 nitrogen and oxygen atoms in total. The predicted octanol–water partition coefficient (Wildman–Crippen LogP) is 2.93. The van der Waals surface area contributed by atoms with Gasteiger partial charge in [-0.25, -0.2) is 18.6 Å². The Morgan fingerprint density at radius 3 is 2.57 bits per heavy atom. The van der Waals surface area contributed by atoms with Gasteiger partial charge in [0.2, 0.25) is 0 Å². The Kier molecular flexibility index (Phi) is 4.27. The quantitative estimate of drug-likeness (QED) is 0.909. The standard InChI is InChI=1S/C13H10F2N2O3S/c1-2-9-10(12(19)20)21-13(16-9)17-11(18)6-3-4-7(14)8(15)5-6/h3-5H,2H2,1H3,(H,19,20)(H,16,17,18). The Morgan fingerprint density at radius 2 is 2.05 bits per heavy atom. The van der Waals surface area contributed by atoms with Crippen LogP contribution in [-0.4, -0.2) is 22.0 Å². The van der Waals surface area contributed by atoms with Crippen molar-refractivity contribution >= 4 is 28.3 Å². The molecule has 2 rings (SSSR count). The third kappa shape index (κ3) is 3.22. The molecule has 21 heavy (non-hydrogen) atoms. The molecule has 0 atom stereocenters. The molecule has 2 aromatic rings. The molecule has 0 bridgehead atoms. The molecule has 0 saturated carbocycles. The van der Waals surface area contributed by atoms with E-state index in [0.717, 1.165) is 29.5 Å². The highest BCUT2D eigenvalue weighted by Crippen LogP contribution is 2.24. The molecule has 1 aromatic carbocycles. The molecule has 0 aliphatic heterocycles. The molecule has 0 fully saturated rings. The second-order valence-corrected chi connectivity index (χ2v) is 5.04. The smallest absolute Gasteiger partial charge is 0.347 e. The average molecular weight is 312 g/mol. The molecule has 2 N–H and O–H groups in total. The van der Waals surface area contributed by atoms with E-state index >= 15 is 0 Å². The average Bonchev–Trinajstić information content (AvgIpc) is 2.85. The molecule has 1 heterocycles. The van der Waals surface area contributed by atoms with Crippen molar-refractivity contribution in [3.8, 4) is 0 Å². The Labute approximate surface area is 122 Å². The van der Waals surface area contributed by atoms with E-state index in [2.05, 4.69) is 10.3 Å². The van der Waals surface area contributed by atoms with Crippen molar-refractivity contribution in [2.45, 2.75) is 13.3 Å². The first kappa shape index (κ1) is 15.0. The monoisotopic (exact) mass is 312 g/mol. The number of halogens is 2. The number of carboxylic acid groups (broad SMARTS) is 1. The van der Waals surface area contributed by atoms with E-state index in [9.17, 15) is 18.4 Å². The van der Waals surface area contributed by atoms with Crippen LogP contribution in [0.3, 0.4) is 0 Å². The maximum Gasteiger partial charge on any atom is 0.347 e. The third-order valence-corrected chi connectivity index (χ3v) is 3.63. The van der Waals surface area contributed by atoms with Crippen molar-refractivity contribution in [1.82, 2.24) is 4.98 Å². The second-order valence-electron chi connectivity index (χ2n) is 4.04. The van der Waals surface area contributed by atoms with E-state index in [0.29, 0.717) is 12.1 Å². The maximum absolute atomic E-state index is 13.1. The molecule has 0 spiro atoms. The van der Waals surface area contributed by atoms with Crippen molar-refractivity contribution in [1.29, 1.82) is 0 Å². The van der Waals surface area contributed by atoms with Crippen LogP contribution < -0.4 is 5.32 Å². The number of aromatic nitrogens is 1. The molecule has 0 aliphatic carbocycles. The van der Waals surface area contributed by atoms with Crippen LogP contribution in [0.4, 0.5) is 13.9 Å². The molecular formula is C13H10F2N2O3S. The highest BCUT2D eigenvalue weighted by Gasteiger charge is 2.18. The first-order chi connectivity index (χ1) is 9.92. The zero-order valence-corrected chi connectivity index (χ0v) is 11.6. The van der Waals surface area contributed by atoms with Gasteiger partial charge in [0, 0.05) is 5.56 Å². The number of nitrogens with zero attached hydrogens (tertiary/aromatic N) is 1. The number of hydrogen-bond donors (Lipinski definition) is 2. The van der Waals surface area contributed by atoms with E-state index in [4.69, 9.17) is 5.11 Å². The number of nitrogens with one attached hydrogen (secondary N) is 1. The van der Waals surface area contributed by atoms with Gasteiger partial charge < -0.3 is 5.11 Å². The lowest BCUT2D eigenvalue weighted by molar-refractivity contribution is 0.0700. The van der Waals surface area contributed by atoms with E-state index in [1.807, 2.05) is 0 Å². The Hall–Kier alpha value is -2.35. The number of carbonyl (C=O) groups is 2. The third-order valence-electron chi connectivity index (χ3n) is 2.63. The molecule has 1 aromatic heterocycles. The lowest BCUT2D eigenvalue weighted by Crippen LogP contribution is -2.12. The minimum atomic E-state index is -1.14. The lowest BCUT2D eigenvalue weighted by Gasteiger charge is -2.02. The fourth-order valence-electron chi connectivity index (χ4n) is 1.62. The molecule has 0 saturated heterocycles. The number of thiazole rings is 1. The van der Waals surface area contributed by atoms with Crippen LogP contribution >= 0.6 is 11.3 Å². The van der Waals surface area contributed by atoms with Gasteiger partial charge in [-0.2, -0.15) is 0 Å². The number of amides is 1. The highest BCUT2D eigenvalue weighted by atomic mass is 32.1. The number of hydrogen-bond acceptors (Lipinski definition) is 4. The summed E-state index contributed by atoms with van der Waals surface area (Å²) in [6, 6.07) is 2.73. The number of aryl methyl sites for hydroxylation is 1. The highest BCUT2D eigenvalue weighted by molar-refractivity contribution is 7.17. The van der Waals surface area contributed by atoms with Crippen LogP contribution in [0.2, 0.25) is 0 Å². The SMILES string of the molecule is CCc1nc(NC(=O)c2ccc(F)c(F)c2)sc1C(=O)O. The summed E-state index contributed by atoms with van der Waals surface area (Å²) in [4.78, 5) is 26.9. The molecule has 0 radical (unpaired) electrons. The second kappa shape index (κ2) is 5.96. The lowest BCUT2D eigenvalue weighted by atomic mass is 10.2. The van der Waals surface area contributed by atoms with Crippen LogP contribution in [-0.2, 0) is 6.42 Å². The summed E-state index contributed by atoms with van der Waals surface area (Å²) < 4.78 is 25.9. The fourth-order valence-corrected chi connectivity index (χ4v) is 2.51. The van der Waals surface area contributed by atoms with Gasteiger partial charge in [-0.05, 0) is 24.6 Å². The van der Waals surface area contributed by atoms with Crippen LogP contribution in [0.25, 0.3) is 0 Å². The number of carbonyl (C=O) groups excluding carboxylic acids is 1. The van der Waals surface area contributed by atoms with Crippen LogP contribution in [0.1, 0.15) is 32.6 Å². The van der Waals surface area contributed by atoms with Crippen LogP contribution in [0.15, 0.2) is 18.2 Å². The summed E-state index contributed by atoms with van der Waals surface area (Å²) in [5, 5.41) is 11.5. The van der Waals surface area contributed by atoms with Gasteiger partial charge >= 0.3 is 5.97 Å². The van der Waals surface area contributed by atoms with E-state index in [1.165, 1.54) is 0 Å².